The third-order valence-electron chi connectivity index (χ3n) is 3.82. The van der Waals surface area contributed by atoms with Gasteiger partial charge in [-0.25, -0.2) is 8.78 Å². The van der Waals surface area contributed by atoms with Crippen molar-refractivity contribution in [2.24, 2.45) is 0 Å². The molecule has 0 saturated carbocycles. The van der Waals surface area contributed by atoms with Crippen molar-refractivity contribution in [1.29, 1.82) is 0 Å². The summed E-state index contributed by atoms with van der Waals surface area (Å²) in [6.45, 7) is 0.721. The highest BCUT2D eigenvalue weighted by molar-refractivity contribution is 6.00. The molecule has 3 rings (SSSR count). The van der Waals surface area contributed by atoms with Crippen molar-refractivity contribution in [2.45, 2.75) is 18.6 Å². The van der Waals surface area contributed by atoms with Gasteiger partial charge in [0.2, 0.25) is 0 Å². The van der Waals surface area contributed by atoms with Crippen LogP contribution in [0.1, 0.15) is 16.8 Å². The van der Waals surface area contributed by atoms with Crippen molar-refractivity contribution >= 4 is 5.91 Å². The molecule has 1 aromatic heterocycles. The van der Waals surface area contributed by atoms with Gasteiger partial charge in [-0.15, -0.1) is 0 Å². The maximum atomic E-state index is 13.1. The van der Waals surface area contributed by atoms with E-state index < -0.39 is 6.17 Å². The number of hydrogen-bond donors (Lipinski definition) is 3. The molecule has 116 valence electrons. The van der Waals surface area contributed by atoms with Crippen LogP contribution in [0.4, 0.5) is 8.78 Å². The summed E-state index contributed by atoms with van der Waals surface area (Å²) >= 11 is 0. The largest absolute Gasteiger partial charge is 0.366 e. The first kappa shape index (κ1) is 14.7. The number of carbonyl (C=O) groups excluding carboxylic acids is 1. The summed E-state index contributed by atoms with van der Waals surface area (Å²) in [6, 6.07) is 5.93. The number of carbonyl (C=O) groups is 1. The van der Waals surface area contributed by atoms with Gasteiger partial charge in [-0.3, -0.25) is 4.79 Å². The zero-order valence-corrected chi connectivity index (χ0v) is 11.9. The molecule has 1 aliphatic heterocycles. The second-order valence-electron chi connectivity index (χ2n) is 5.44. The van der Waals surface area contributed by atoms with Crippen LogP contribution in [-0.2, 0) is 0 Å². The Morgan fingerprint density at radius 2 is 2.05 bits per heavy atom. The summed E-state index contributed by atoms with van der Waals surface area (Å²) in [5.41, 5.74) is 1.96. The van der Waals surface area contributed by atoms with Crippen molar-refractivity contribution < 1.29 is 13.6 Å². The lowest BCUT2D eigenvalue weighted by Gasteiger charge is -2.11. The van der Waals surface area contributed by atoms with Crippen LogP contribution in [0.2, 0.25) is 0 Å². The number of benzene rings is 1. The molecule has 1 amide bonds. The molecule has 1 fully saturated rings. The Morgan fingerprint density at radius 1 is 1.27 bits per heavy atom. The summed E-state index contributed by atoms with van der Waals surface area (Å²) in [4.78, 5) is 15.2. The number of alkyl halides is 1. The number of aromatic nitrogens is 1. The Balaban J connectivity index is 1.68. The Morgan fingerprint density at radius 3 is 2.73 bits per heavy atom. The van der Waals surface area contributed by atoms with E-state index in [4.69, 9.17) is 0 Å². The van der Waals surface area contributed by atoms with Crippen LogP contribution in [0.5, 0.6) is 0 Å². The molecular weight excluding hydrogens is 288 g/mol. The molecule has 0 unspecified atom stereocenters. The molecule has 0 radical (unpaired) electrons. The molecule has 0 spiro atoms. The molecule has 1 saturated heterocycles. The van der Waals surface area contributed by atoms with Crippen molar-refractivity contribution in [3.8, 4) is 11.1 Å². The van der Waals surface area contributed by atoms with E-state index in [1.165, 1.54) is 12.1 Å². The second-order valence-corrected chi connectivity index (χ2v) is 5.44. The van der Waals surface area contributed by atoms with Gasteiger partial charge in [0.15, 0.2) is 0 Å². The molecule has 6 heteroatoms. The van der Waals surface area contributed by atoms with E-state index in [0.717, 1.165) is 5.56 Å². The minimum Gasteiger partial charge on any atom is -0.366 e. The maximum absolute atomic E-state index is 13.1. The van der Waals surface area contributed by atoms with Crippen LogP contribution < -0.4 is 10.6 Å². The SMILES string of the molecule is O=C(NC[C@@H]1C[C@H](F)CN1)c1c[nH]cc1-c1ccc(F)cc1. The number of amides is 1. The summed E-state index contributed by atoms with van der Waals surface area (Å²) in [5.74, 6) is -0.553. The molecule has 1 aromatic carbocycles. The molecule has 1 aliphatic rings. The average Bonchev–Trinajstić information content (AvgIpc) is 3.14. The molecular formula is C16H17F2N3O. The van der Waals surface area contributed by atoms with Gasteiger partial charge in [0.1, 0.15) is 12.0 Å². The summed E-state index contributed by atoms with van der Waals surface area (Å²) < 4.78 is 26.1. The third kappa shape index (κ3) is 3.17. The van der Waals surface area contributed by atoms with Gasteiger partial charge in [0.25, 0.3) is 5.91 Å². The second kappa shape index (κ2) is 6.27. The number of halogens is 2. The highest BCUT2D eigenvalue weighted by Gasteiger charge is 2.24. The van der Waals surface area contributed by atoms with Crippen molar-refractivity contribution in [3.05, 3.63) is 48.0 Å². The van der Waals surface area contributed by atoms with Gasteiger partial charge >= 0.3 is 0 Å². The number of rotatable bonds is 4. The monoisotopic (exact) mass is 305 g/mol. The zero-order valence-electron chi connectivity index (χ0n) is 11.9. The van der Waals surface area contributed by atoms with Gasteiger partial charge < -0.3 is 15.6 Å². The predicted octanol–water partition coefficient (Wildman–Crippen LogP) is 2.25. The van der Waals surface area contributed by atoms with E-state index in [-0.39, 0.29) is 17.8 Å². The summed E-state index contributed by atoms with van der Waals surface area (Å²) in [5, 5.41) is 5.83. The Bertz CT molecular complexity index is 654. The molecule has 3 N–H and O–H groups in total. The first-order valence-electron chi connectivity index (χ1n) is 7.22. The van der Waals surface area contributed by atoms with Crippen LogP contribution in [0.15, 0.2) is 36.7 Å². The minimum absolute atomic E-state index is 0.0350. The Hall–Kier alpha value is -2.21. The topological polar surface area (TPSA) is 56.9 Å². The summed E-state index contributed by atoms with van der Waals surface area (Å²) in [7, 11) is 0. The maximum Gasteiger partial charge on any atom is 0.253 e. The molecule has 4 nitrogen and oxygen atoms in total. The Kier molecular flexibility index (Phi) is 4.20. The zero-order chi connectivity index (χ0) is 15.5. The van der Waals surface area contributed by atoms with E-state index in [1.54, 1.807) is 24.5 Å². The minimum atomic E-state index is -0.844. The lowest BCUT2D eigenvalue weighted by Crippen LogP contribution is -2.37. The van der Waals surface area contributed by atoms with Gasteiger partial charge in [-0.2, -0.15) is 0 Å². The van der Waals surface area contributed by atoms with Crippen molar-refractivity contribution in [1.82, 2.24) is 15.6 Å². The summed E-state index contributed by atoms with van der Waals surface area (Å²) in [6.07, 6.45) is 2.88. The molecule has 22 heavy (non-hydrogen) atoms. The first-order chi connectivity index (χ1) is 10.6. The van der Waals surface area contributed by atoms with Crippen LogP contribution in [0, 0.1) is 5.82 Å². The van der Waals surface area contributed by atoms with Crippen LogP contribution in [-0.4, -0.2) is 36.2 Å². The average molecular weight is 305 g/mol. The van der Waals surface area contributed by atoms with E-state index in [1.807, 2.05) is 0 Å². The quantitative estimate of drug-likeness (QED) is 0.811. The van der Waals surface area contributed by atoms with Crippen LogP contribution in [0.25, 0.3) is 11.1 Å². The fourth-order valence-electron chi connectivity index (χ4n) is 2.66. The van der Waals surface area contributed by atoms with Gasteiger partial charge in [-0.05, 0) is 24.1 Å². The number of H-pyrrole nitrogens is 1. The highest BCUT2D eigenvalue weighted by atomic mass is 19.1. The van der Waals surface area contributed by atoms with Crippen molar-refractivity contribution in [2.75, 3.05) is 13.1 Å². The van der Waals surface area contributed by atoms with E-state index in [2.05, 4.69) is 15.6 Å². The standard InChI is InChI=1S/C16H17F2N3O/c17-11-3-1-10(2-4-11)14-8-19-9-15(14)16(22)21-7-13-5-12(18)6-20-13/h1-4,8-9,12-13,19-20H,5-7H2,(H,21,22)/t12-,13-/m0/s1. The van der Waals surface area contributed by atoms with Crippen molar-refractivity contribution in [3.63, 3.8) is 0 Å². The number of aromatic amines is 1. The molecule has 2 aromatic rings. The van der Waals surface area contributed by atoms with Crippen LogP contribution in [0.3, 0.4) is 0 Å². The molecule has 0 aliphatic carbocycles. The molecule has 2 atom stereocenters. The Labute approximate surface area is 126 Å². The molecule has 2 heterocycles. The smallest absolute Gasteiger partial charge is 0.253 e. The highest BCUT2D eigenvalue weighted by Crippen LogP contribution is 2.23. The first-order valence-corrected chi connectivity index (χ1v) is 7.22. The van der Waals surface area contributed by atoms with E-state index >= 15 is 0 Å². The predicted molar refractivity (Wildman–Crippen MR) is 79.8 cm³/mol. The van der Waals surface area contributed by atoms with Gasteiger partial charge in [0, 0.05) is 37.1 Å². The fourth-order valence-corrected chi connectivity index (χ4v) is 2.66. The number of hydrogen-bond acceptors (Lipinski definition) is 2. The lowest BCUT2D eigenvalue weighted by molar-refractivity contribution is 0.0950. The van der Waals surface area contributed by atoms with E-state index in [0.29, 0.717) is 30.6 Å². The normalized spacial score (nSPS) is 21.0. The van der Waals surface area contributed by atoms with Gasteiger partial charge in [0.05, 0.1) is 5.56 Å². The van der Waals surface area contributed by atoms with Gasteiger partial charge in [-0.1, -0.05) is 12.1 Å². The van der Waals surface area contributed by atoms with E-state index in [9.17, 15) is 13.6 Å². The lowest BCUT2D eigenvalue weighted by atomic mass is 10.0. The van der Waals surface area contributed by atoms with Crippen LogP contribution >= 0.6 is 0 Å². The molecule has 0 bridgehead atoms. The number of nitrogens with one attached hydrogen (secondary N) is 3. The third-order valence-corrected chi connectivity index (χ3v) is 3.82. The fraction of sp³-hybridized carbons (Fsp3) is 0.312.